The molecule has 13 nitrogen and oxygen atoms in total. The lowest BCUT2D eigenvalue weighted by molar-refractivity contribution is 0.973. The molecule has 0 N–H and O–H groups in total. The number of aromatic nitrogens is 13. The largest absolute Gasteiger partial charge is 0.307 e. The molecule has 149 heavy (non-hydrogen) atoms. The zero-order valence-electron chi connectivity index (χ0n) is 79.6. The van der Waals surface area contributed by atoms with Crippen LogP contribution in [0.25, 0.3) is 334 Å². The van der Waals surface area contributed by atoms with E-state index >= 15 is 0 Å². The minimum Gasteiger partial charge on any atom is -0.307 e. The van der Waals surface area contributed by atoms with E-state index in [2.05, 4.69) is 462 Å². The normalized spacial score (nSPS) is 12.6. The van der Waals surface area contributed by atoms with Crippen LogP contribution in [0.3, 0.4) is 0 Å². The molecule has 0 amide bonds. The summed E-state index contributed by atoms with van der Waals surface area (Å²) in [5, 5.41) is 39.5. The van der Waals surface area contributed by atoms with Crippen molar-refractivity contribution in [1.29, 1.82) is 0 Å². The predicted molar refractivity (Wildman–Crippen MR) is 620 cm³/mol. The second kappa shape index (κ2) is 29.3. The molecule has 13 aromatic heterocycles. The fourth-order valence-corrected chi connectivity index (χ4v) is 26.8. The molecule has 37 rings (SSSR count). The van der Waals surface area contributed by atoms with Crippen LogP contribution in [0.5, 0.6) is 0 Å². The summed E-state index contributed by atoms with van der Waals surface area (Å²) in [5.74, 6) is 3.96. The molecule has 23 aromatic carbocycles. The third-order valence-corrected chi connectivity index (χ3v) is 32.7. The lowest BCUT2D eigenvalue weighted by Crippen LogP contribution is -2.07. The standard InChI is InChI=1S/C52H29N5.C42H22N4.C42H24N4/c1-3-15-32-30(13-1)26-28-44-46(32)36-19-7-12-24-43(36)56(44)52-53-40-21-9-5-18-35(40)51(54-52)55-42-23-11-8-20-37(42)47-45(55)29-39-34-17-6-10-22-41(34)57-49-33-16-4-2-14-31(33)25-27-38(49)48(47)50(39)57;1-2-12-25-23(9-1)19-20-30-38-37-27-14-4-6-18-33(27)45(34(37)21-31-26-13-3-5-17-32(26)46(41(25)30)42(31)38)35-22-43-39-28-15-7-10-24-11-8-16-29(36(24)28)40(39)44-35;1-2-13-26(14-3-1)41-43-33-19-9-6-17-29(33)42(44-41)45-35-21-11-8-18-30(35)37-36(45)24-32-28-16-7-10-20-34(28)46-39-27-15-5-4-12-25(27)22-23-31(39)38(37)40(32)46/h1-29H;1-22H;1-24H. The number of hydrogen-bond acceptors (Lipinski definition) is 6. The summed E-state index contributed by atoms with van der Waals surface area (Å²) in [6, 6.07) is 162. The molecular weight excluding hydrogens is 1820 g/mol. The Labute approximate surface area is 845 Å². The Balaban J connectivity index is 0.0000000944. The maximum atomic E-state index is 5.66. The minimum atomic E-state index is 0.648. The summed E-state index contributed by atoms with van der Waals surface area (Å²) in [6.07, 6.45) is 1.96. The zero-order chi connectivity index (χ0) is 96.5. The van der Waals surface area contributed by atoms with Crippen LogP contribution >= 0.6 is 0 Å². The lowest BCUT2D eigenvalue weighted by Gasteiger charge is -2.14. The van der Waals surface area contributed by atoms with Crippen molar-refractivity contribution in [2.75, 3.05) is 0 Å². The summed E-state index contributed by atoms with van der Waals surface area (Å²) in [6.45, 7) is 0. The average Bonchev–Trinajstić information content (AvgIpc) is 1.51. The molecule has 1 aliphatic rings. The Morgan fingerprint density at radius 2 is 0.517 bits per heavy atom. The van der Waals surface area contributed by atoms with Crippen molar-refractivity contribution >= 4 is 277 Å². The van der Waals surface area contributed by atoms with Crippen LogP contribution in [0.2, 0.25) is 0 Å². The molecule has 1 aliphatic carbocycles. The predicted octanol–water partition coefficient (Wildman–Crippen LogP) is 34.7. The quantitative estimate of drug-likeness (QED) is 0.170. The summed E-state index contributed by atoms with van der Waals surface area (Å²) in [5.41, 5.74) is 27.3. The van der Waals surface area contributed by atoms with Crippen LogP contribution in [-0.4, -0.2) is 61.4 Å². The highest BCUT2D eigenvalue weighted by Gasteiger charge is 2.34. The van der Waals surface area contributed by atoms with Gasteiger partial charge in [0.15, 0.2) is 17.5 Å². The monoisotopic (exact) mass is 1890 g/mol. The molecule has 0 spiro atoms. The topological polar surface area (TPSA) is 110 Å². The molecule has 0 saturated heterocycles. The average molecular weight is 1890 g/mol. The Bertz CT molecular complexity index is 12400. The second-order valence-electron chi connectivity index (χ2n) is 40.1. The molecule has 0 unspecified atom stereocenters. The van der Waals surface area contributed by atoms with E-state index in [0.717, 1.165) is 117 Å². The highest BCUT2D eigenvalue weighted by atomic mass is 15.2. The summed E-state index contributed by atoms with van der Waals surface area (Å²) < 4.78 is 16.9. The van der Waals surface area contributed by atoms with Crippen LogP contribution in [0.4, 0.5) is 0 Å². The maximum absolute atomic E-state index is 5.66. The van der Waals surface area contributed by atoms with Gasteiger partial charge in [-0.15, -0.1) is 0 Å². The fraction of sp³-hybridized carbons (Fsp3) is 0. The van der Waals surface area contributed by atoms with E-state index < -0.39 is 0 Å². The van der Waals surface area contributed by atoms with Crippen molar-refractivity contribution in [3.8, 4) is 57.3 Å². The first-order valence-electron chi connectivity index (χ1n) is 51.0. The van der Waals surface area contributed by atoms with Crippen molar-refractivity contribution in [1.82, 2.24) is 61.4 Å². The SMILES string of the molecule is c1cc2c3c(cccc3c1)-c1nc(-n3c4ccccc4c4c5c6ccc7ccccc7c6n6c7ccccc7c(cc43)c56)cnc1-2.c1ccc(-c2nc(-n3c4ccccc4c4c5c6ccc7ccccc7c6n6c7ccccc7c(cc43)c56)c3ccccc3n2)cc1.c1ccc2c(c1)ccc1c2c2ccccc2n1-c1nc(-n2c3ccccc3c3c4c5ccc6ccccc6c5n5c6ccccc6c(cc32)c45)c2ccccc2n1. The number of fused-ring (bicyclic) bond motifs is 46. The number of hydrogen-bond donors (Lipinski definition) is 0. The Morgan fingerprint density at radius 3 is 0.993 bits per heavy atom. The number of benzene rings is 23. The van der Waals surface area contributed by atoms with Crippen LogP contribution in [0, 0.1) is 0 Å². The third-order valence-electron chi connectivity index (χ3n) is 32.7. The van der Waals surface area contributed by atoms with Gasteiger partial charge >= 0.3 is 0 Å². The molecule has 0 bridgehead atoms. The zero-order valence-corrected chi connectivity index (χ0v) is 79.6. The van der Waals surface area contributed by atoms with Crippen molar-refractivity contribution in [2.45, 2.75) is 0 Å². The van der Waals surface area contributed by atoms with Crippen LogP contribution in [0.15, 0.2) is 455 Å². The van der Waals surface area contributed by atoms with E-state index in [1.165, 1.54) is 211 Å². The molecule has 36 aromatic rings. The van der Waals surface area contributed by atoms with Crippen LogP contribution in [-0.2, 0) is 0 Å². The smallest absolute Gasteiger partial charge is 0.237 e. The molecule has 0 fully saturated rings. The van der Waals surface area contributed by atoms with E-state index in [0.29, 0.717) is 5.95 Å². The number of nitrogens with zero attached hydrogens (tertiary/aromatic N) is 13. The Morgan fingerprint density at radius 1 is 0.168 bits per heavy atom. The molecule has 0 saturated carbocycles. The summed E-state index contributed by atoms with van der Waals surface area (Å²) in [4.78, 5) is 31.9. The van der Waals surface area contributed by atoms with E-state index in [4.69, 9.17) is 29.9 Å². The molecule has 13 heteroatoms. The lowest BCUT2D eigenvalue weighted by atomic mass is 10.00. The molecular formula is C136H75N13. The minimum absolute atomic E-state index is 0.648. The van der Waals surface area contributed by atoms with Gasteiger partial charge in [-0.25, -0.2) is 19.9 Å². The van der Waals surface area contributed by atoms with Gasteiger partial charge in [-0.1, -0.05) is 358 Å². The van der Waals surface area contributed by atoms with Crippen molar-refractivity contribution < 1.29 is 0 Å². The highest BCUT2D eigenvalue weighted by molar-refractivity contribution is 6.42. The first-order chi connectivity index (χ1) is 74.0. The molecule has 684 valence electrons. The highest BCUT2D eigenvalue weighted by Crippen LogP contribution is 2.55. The Kier molecular flexibility index (Phi) is 15.6. The van der Waals surface area contributed by atoms with Crippen molar-refractivity contribution in [2.24, 2.45) is 0 Å². The van der Waals surface area contributed by atoms with Crippen molar-refractivity contribution in [3.63, 3.8) is 0 Å². The summed E-state index contributed by atoms with van der Waals surface area (Å²) in [7, 11) is 0. The van der Waals surface area contributed by atoms with Crippen molar-refractivity contribution in [3.05, 3.63) is 455 Å². The Hall–Kier alpha value is -20.3. The first-order valence-corrected chi connectivity index (χ1v) is 51.0. The van der Waals surface area contributed by atoms with Gasteiger partial charge in [0, 0.05) is 157 Å². The maximum Gasteiger partial charge on any atom is 0.237 e. The van der Waals surface area contributed by atoms with Gasteiger partial charge in [-0.05, 0) is 123 Å². The molecule has 13 heterocycles. The van der Waals surface area contributed by atoms with Crippen LogP contribution < -0.4 is 0 Å². The van der Waals surface area contributed by atoms with Gasteiger partial charge < -0.3 is 13.2 Å². The van der Waals surface area contributed by atoms with Gasteiger partial charge in [0.2, 0.25) is 5.95 Å². The second-order valence-corrected chi connectivity index (χ2v) is 40.1. The molecule has 0 aliphatic heterocycles. The molecule has 0 atom stereocenters. The van der Waals surface area contributed by atoms with E-state index in [-0.39, 0.29) is 0 Å². The fourth-order valence-electron chi connectivity index (χ4n) is 26.8. The number of rotatable bonds is 5. The van der Waals surface area contributed by atoms with E-state index in [9.17, 15) is 0 Å². The van der Waals surface area contributed by atoms with Gasteiger partial charge in [0.1, 0.15) is 5.82 Å². The molecule has 0 radical (unpaired) electrons. The number of para-hydroxylation sites is 9. The van der Waals surface area contributed by atoms with Gasteiger partial charge in [0.05, 0.1) is 122 Å². The third kappa shape index (κ3) is 10.4. The van der Waals surface area contributed by atoms with E-state index in [1.54, 1.807) is 0 Å². The van der Waals surface area contributed by atoms with E-state index in [1.807, 2.05) is 24.4 Å². The van der Waals surface area contributed by atoms with Gasteiger partial charge in [-0.2, -0.15) is 4.98 Å². The summed E-state index contributed by atoms with van der Waals surface area (Å²) >= 11 is 0. The van der Waals surface area contributed by atoms with Gasteiger partial charge in [0.25, 0.3) is 0 Å². The van der Waals surface area contributed by atoms with Crippen LogP contribution in [0.1, 0.15) is 0 Å². The first kappa shape index (κ1) is 79.3. The van der Waals surface area contributed by atoms with Gasteiger partial charge in [-0.3, -0.25) is 23.3 Å².